The molecule has 0 amide bonds. The highest BCUT2D eigenvalue weighted by molar-refractivity contribution is 6.30. The maximum atomic E-state index is 11.0. The van der Waals surface area contributed by atoms with Gasteiger partial charge in [-0.2, -0.15) is 0 Å². The number of aliphatic hydroxyl groups is 1. The Morgan fingerprint density at radius 1 is 1.00 bits per heavy atom. The van der Waals surface area contributed by atoms with E-state index in [2.05, 4.69) is 4.90 Å². The Kier molecular flexibility index (Phi) is 4.88. The smallest absolute Gasteiger partial charge is 0.0764 e. The molecule has 1 saturated heterocycles. The Morgan fingerprint density at radius 2 is 1.62 bits per heavy atom. The van der Waals surface area contributed by atoms with Gasteiger partial charge in [-0.1, -0.05) is 43.0 Å². The van der Waals surface area contributed by atoms with Gasteiger partial charge in [-0.3, -0.25) is 4.90 Å². The molecule has 2 aliphatic rings. The van der Waals surface area contributed by atoms with Gasteiger partial charge in [0.1, 0.15) is 0 Å². The van der Waals surface area contributed by atoms with Crippen molar-refractivity contribution in [3.05, 3.63) is 34.9 Å². The fourth-order valence-corrected chi connectivity index (χ4v) is 4.35. The molecule has 1 unspecified atom stereocenters. The fraction of sp³-hybridized carbons (Fsp3) is 0.667. The lowest BCUT2D eigenvalue weighted by atomic mass is 9.83. The van der Waals surface area contributed by atoms with Crippen molar-refractivity contribution in [1.82, 2.24) is 4.90 Å². The molecular weight excluding hydrogens is 282 g/mol. The molecule has 3 heteroatoms. The van der Waals surface area contributed by atoms with Gasteiger partial charge in [0, 0.05) is 17.0 Å². The van der Waals surface area contributed by atoms with Crippen molar-refractivity contribution in [2.24, 2.45) is 0 Å². The van der Waals surface area contributed by atoms with Crippen LogP contribution in [0.25, 0.3) is 0 Å². The summed E-state index contributed by atoms with van der Waals surface area (Å²) in [5.41, 5.74) is 1.22. The number of aliphatic hydroxyl groups excluding tert-OH is 1. The van der Waals surface area contributed by atoms with E-state index in [1.807, 2.05) is 24.3 Å². The van der Waals surface area contributed by atoms with E-state index in [0.717, 1.165) is 37.4 Å². The van der Waals surface area contributed by atoms with Crippen LogP contribution in [0.4, 0.5) is 0 Å². The van der Waals surface area contributed by atoms with E-state index in [-0.39, 0.29) is 11.6 Å². The van der Waals surface area contributed by atoms with Crippen LogP contribution in [0, 0.1) is 0 Å². The predicted octanol–water partition coefficient (Wildman–Crippen LogP) is 4.04. The second-order valence-corrected chi connectivity index (χ2v) is 7.14. The topological polar surface area (TPSA) is 23.5 Å². The number of hydrogen-bond donors (Lipinski definition) is 1. The summed E-state index contributed by atoms with van der Waals surface area (Å²) in [6.45, 7) is 2.33. The molecular formula is C18H26ClNO. The van der Waals surface area contributed by atoms with Crippen molar-refractivity contribution in [2.75, 3.05) is 13.1 Å². The standard InChI is InChI=1S/C18H26ClNO/c19-16-8-6-15(7-9-16)14-17(21)18(10-2-3-11-18)20-12-4-1-5-13-20/h6-9,17,21H,1-5,10-14H2. The van der Waals surface area contributed by atoms with Gasteiger partial charge >= 0.3 is 0 Å². The Labute approximate surface area is 133 Å². The summed E-state index contributed by atoms with van der Waals surface area (Å²) in [5.74, 6) is 0. The van der Waals surface area contributed by atoms with Crippen molar-refractivity contribution < 1.29 is 5.11 Å². The second-order valence-electron chi connectivity index (χ2n) is 6.70. The number of piperidine rings is 1. The van der Waals surface area contributed by atoms with Crippen LogP contribution in [0.15, 0.2) is 24.3 Å². The maximum Gasteiger partial charge on any atom is 0.0764 e. The highest BCUT2D eigenvalue weighted by atomic mass is 35.5. The molecule has 0 bridgehead atoms. The van der Waals surface area contributed by atoms with Crippen LogP contribution in [0.5, 0.6) is 0 Å². The zero-order valence-corrected chi connectivity index (χ0v) is 13.5. The molecule has 1 heterocycles. The fourth-order valence-electron chi connectivity index (χ4n) is 4.22. The van der Waals surface area contributed by atoms with Crippen LogP contribution in [0.3, 0.4) is 0 Å². The minimum Gasteiger partial charge on any atom is -0.391 e. The van der Waals surface area contributed by atoms with E-state index in [0.29, 0.717) is 0 Å². The third-order valence-corrected chi connectivity index (χ3v) is 5.67. The van der Waals surface area contributed by atoms with E-state index in [1.54, 1.807) is 0 Å². The minimum atomic E-state index is -0.265. The number of likely N-dealkylation sites (tertiary alicyclic amines) is 1. The normalized spacial score (nSPS) is 24.1. The minimum absolute atomic E-state index is 0.0278. The van der Waals surface area contributed by atoms with Crippen LogP contribution in [-0.2, 0) is 6.42 Å². The molecule has 0 radical (unpaired) electrons. The second kappa shape index (κ2) is 6.68. The molecule has 0 aromatic heterocycles. The average molecular weight is 308 g/mol. The number of nitrogens with zero attached hydrogens (tertiary/aromatic N) is 1. The van der Waals surface area contributed by atoms with E-state index >= 15 is 0 Å². The van der Waals surface area contributed by atoms with Crippen molar-refractivity contribution in [1.29, 1.82) is 0 Å². The summed E-state index contributed by atoms with van der Waals surface area (Å²) >= 11 is 5.95. The first-order valence-corrected chi connectivity index (χ1v) is 8.76. The Morgan fingerprint density at radius 3 is 2.24 bits per heavy atom. The molecule has 1 atom stereocenters. The van der Waals surface area contributed by atoms with Crippen LogP contribution in [0.2, 0.25) is 5.02 Å². The zero-order chi connectivity index (χ0) is 14.7. The van der Waals surface area contributed by atoms with Crippen LogP contribution in [0.1, 0.15) is 50.5 Å². The zero-order valence-electron chi connectivity index (χ0n) is 12.7. The molecule has 1 saturated carbocycles. The Bertz CT molecular complexity index is 447. The van der Waals surface area contributed by atoms with Gasteiger partial charge in [0.25, 0.3) is 0 Å². The molecule has 1 aliphatic heterocycles. The summed E-state index contributed by atoms with van der Waals surface area (Å²) in [5, 5.41) is 11.8. The predicted molar refractivity (Wildman–Crippen MR) is 87.8 cm³/mol. The van der Waals surface area contributed by atoms with Gasteiger partial charge in [0.05, 0.1) is 6.10 Å². The van der Waals surface area contributed by atoms with Gasteiger partial charge in [-0.15, -0.1) is 0 Å². The molecule has 1 aromatic carbocycles. The SMILES string of the molecule is OC(Cc1ccc(Cl)cc1)C1(N2CCCCC2)CCCC1. The van der Waals surface area contributed by atoms with Crippen molar-refractivity contribution >= 4 is 11.6 Å². The third kappa shape index (κ3) is 3.28. The van der Waals surface area contributed by atoms with E-state index in [1.165, 1.54) is 37.7 Å². The van der Waals surface area contributed by atoms with Gasteiger partial charge in [0.2, 0.25) is 0 Å². The van der Waals surface area contributed by atoms with Crippen molar-refractivity contribution in [3.8, 4) is 0 Å². The number of halogens is 1. The van der Waals surface area contributed by atoms with E-state index < -0.39 is 0 Å². The van der Waals surface area contributed by atoms with Gasteiger partial charge in [-0.05, 0) is 56.5 Å². The largest absolute Gasteiger partial charge is 0.391 e. The summed E-state index contributed by atoms with van der Waals surface area (Å²) in [6.07, 6.45) is 9.23. The maximum absolute atomic E-state index is 11.0. The molecule has 1 aromatic rings. The lowest BCUT2D eigenvalue weighted by molar-refractivity contribution is -0.0380. The first-order valence-electron chi connectivity index (χ1n) is 8.38. The van der Waals surface area contributed by atoms with E-state index in [4.69, 9.17) is 11.6 Å². The molecule has 116 valence electrons. The highest BCUT2D eigenvalue weighted by Gasteiger charge is 2.45. The quantitative estimate of drug-likeness (QED) is 0.907. The van der Waals surface area contributed by atoms with E-state index in [9.17, 15) is 5.11 Å². The van der Waals surface area contributed by atoms with Gasteiger partial charge in [-0.25, -0.2) is 0 Å². The highest BCUT2D eigenvalue weighted by Crippen LogP contribution is 2.40. The number of rotatable bonds is 4. The molecule has 3 rings (SSSR count). The summed E-state index contributed by atoms with van der Waals surface area (Å²) in [4.78, 5) is 2.60. The monoisotopic (exact) mass is 307 g/mol. The van der Waals surface area contributed by atoms with Crippen molar-refractivity contribution in [2.45, 2.75) is 63.0 Å². The summed E-state index contributed by atoms with van der Waals surface area (Å²) in [7, 11) is 0. The van der Waals surface area contributed by atoms with Crippen LogP contribution in [-0.4, -0.2) is 34.7 Å². The lowest BCUT2D eigenvalue weighted by Crippen LogP contribution is -2.57. The Balaban J connectivity index is 1.74. The molecule has 21 heavy (non-hydrogen) atoms. The lowest BCUT2D eigenvalue weighted by Gasteiger charge is -2.46. The first kappa shape index (κ1) is 15.3. The summed E-state index contributed by atoms with van der Waals surface area (Å²) in [6, 6.07) is 7.94. The third-order valence-electron chi connectivity index (χ3n) is 5.42. The molecule has 2 nitrogen and oxygen atoms in total. The Hall–Kier alpha value is -0.570. The van der Waals surface area contributed by atoms with Crippen LogP contribution >= 0.6 is 11.6 Å². The number of benzene rings is 1. The average Bonchev–Trinajstić information content (AvgIpc) is 3.01. The molecule has 1 N–H and O–H groups in total. The first-order chi connectivity index (χ1) is 10.2. The van der Waals surface area contributed by atoms with Gasteiger partial charge in [0.15, 0.2) is 0 Å². The molecule has 0 spiro atoms. The van der Waals surface area contributed by atoms with Crippen LogP contribution < -0.4 is 0 Å². The molecule has 1 aliphatic carbocycles. The molecule has 2 fully saturated rings. The summed E-state index contributed by atoms with van der Waals surface area (Å²) < 4.78 is 0. The van der Waals surface area contributed by atoms with Crippen molar-refractivity contribution in [3.63, 3.8) is 0 Å². The van der Waals surface area contributed by atoms with Gasteiger partial charge < -0.3 is 5.11 Å². The number of hydrogen-bond acceptors (Lipinski definition) is 2.